The topological polar surface area (TPSA) is 75.3 Å². The molecule has 0 radical (unpaired) electrons. The molecule has 0 bridgehead atoms. The number of para-hydroxylation sites is 1. The summed E-state index contributed by atoms with van der Waals surface area (Å²) in [6.07, 6.45) is 4.19. The molecule has 0 spiro atoms. The van der Waals surface area contributed by atoms with E-state index in [1.54, 1.807) is 6.07 Å². The Hall–Kier alpha value is -1.55. The number of carbonyl (C=O) groups is 1. The van der Waals surface area contributed by atoms with Crippen LogP contribution in [0.25, 0.3) is 0 Å². The molecule has 2 atom stereocenters. The van der Waals surface area contributed by atoms with Gasteiger partial charge in [0.15, 0.2) is 0 Å². The lowest BCUT2D eigenvalue weighted by atomic mass is 9.76. The Kier molecular flexibility index (Phi) is 4.65. The van der Waals surface area contributed by atoms with Crippen molar-refractivity contribution in [3.05, 3.63) is 29.8 Å². The number of aliphatic hydroxyl groups is 1. The summed E-state index contributed by atoms with van der Waals surface area (Å²) in [5.41, 5.74) is 6.89. The van der Waals surface area contributed by atoms with Crippen molar-refractivity contribution < 1.29 is 9.90 Å². The largest absolute Gasteiger partial charge is 0.398 e. The molecule has 0 heterocycles. The van der Waals surface area contributed by atoms with Gasteiger partial charge < -0.3 is 16.2 Å². The van der Waals surface area contributed by atoms with Crippen LogP contribution in [0.3, 0.4) is 0 Å². The molecule has 1 aromatic carbocycles. The van der Waals surface area contributed by atoms with E-state index in [1.807, 2.05) is 18.2 Å². The number of hydrogen-bond donors (Lipinski definition) is 3. The summed E-state index contributed by atoms with van der Waals surface area (Å²) in [5.74, 6) is 0.476. The average Bonchev–Trinajstić information content (AvgIpc) is 2.41. The van der Waals surface area contributed by atoms with Crippen molar-refractivity contribution in [1.82, 2.24) is 5.32 Å². The molecule has 1 saturated carbocycles. The summed E-state index contributed by atoms with van der Waals surface area (Å²) in [4.78, 5) is 12.2. The molecule has 2 rings (SSSR count). The molecule has 20 heavy (non-hydrogen) atoms. The molecule has 1 aliphatic rings. The molecule has 110 valence electrons. The number of nitrogens with two attached hydrogens (primary N) is 1. The zero-order valence-electron chi connectivity index (χ0n) is 12.1. The third kappa shape index (κ3) is 3.51. The first-order valence-electron chi connectivity index (χ1n) is 7.30. The van der Waals surface area contributed by atoms with E-state index >= 15 is 0 Å². The first kappa shape index (κ1) is 14.9. The van der Waals surface area contributed by atoms with Gasteiger partial charge in [-0.3, -0.25) is 4.79 Å². The summed E-state index contributed by atoms with van der Waals surface area (Å²) in [6, 6.07) is 7.40. The highest BCUT2D eigenvalue weighted by Crippen LogP contribution is 2.32. The van der Waals surface area contributed by atoms with Crippen LogP contribution in [0.1, 0.15) is 38.2 Å². The molecule has 0 aromatic heterocycles. The van der Waals surface area contributed by atoms with E-state index in [0.29, 0.717) is 11.6 Å². The number of aliphatic hydroxyl groups excluding tert-OH is 1. The lowest BCUT2D eigenvalue weighted by Crippen LogP contribution is -2.54. The molecule has 0 aliphatic heterocycles. The van der Waals surface area contributed by atoms with Gasteiger partial charge in [0.1, 0.15) is 0 Å². The highest BCUT2D eigenvalue weighted by molar-refractivity contribution is 5.81. The van der Waals surface area contributed by atoms with E-state index in [4.69, 9.17) is 5.73 Å². The Balaban J connectivity index is 2.01. The van der Waals surface area contributed by atoms with Gasteiger partial charge >= 0.3 is 0 Å². The molecule has 1 aromatic rings. The van der Waals surface area contributed by atoms with E-state index in [2.05, 4.69) is 12.2 Å². The second-order valence-electron chi connectivity index (χ2n) is 6.06. The highest BCUT2D eigenvalue weighted by atomic mass is 16.3. The van der Waals surface area contributed by atoms with Crippen LogP contribution in [-0.2, 0) is 11.2 Å². The fourth-order valence-electron chi connectivity index (χ4n) is 3.16. The third-order valence-electron chi connectivity index (χ3n) is 4.20. The molecule has 4 nitrogen and oxygen atoms in total. The maximum atomic E-state index is 12.2. The van der Waals surface area contributed by atoms with Crippen molar-refractivity contribution >= 4 is 11.6 Å². The molecule has 1 amide bonds. The molecule has 2 unspecified atom stereocenters. The number of nitrogens with one attached hydrogen (secondary N) is 1. The summed E-state index contributed by atoms with van der Waals surface area (Å²) in [6.45, 7) is 2.18. The number of anilines is 1. The molecule has 4 N–H and O–H groups in total. The summed E-state index contributed by atoms with van der Waals surface area (Å²) < 4.78 is 0. The van der Waals surface area contributed by atoms with Crippen LogP contribution in [0.15, 0.2) is 24.3 Å². The van der Waals surface area contributed by atoms with Crippen LogP contribution in [0, 0.1) is 5.92 Å². The number of rotatable bonds is 4. The zero-order valence-corrected chi connectivity index (χ0v) is 12.1. The highest BCUT2D eigenvalue weighted by Gasteiger charge is 2.35. The first-order valence-corrected chi connectivity index (χ1v) is 7.30. The van der Waals surface area contributed by atoms with Gasteiger partial charge in [-0.25, -0.2) is 0 Å². The van der Waals surface area contributed by atoms with Crippen LogP contribution >= 0.6 is 0 Å². The van der Waals surface area contributed by atoms with Gasteiger partial charge in [0.25, 0.3) is 0 Å². The number of amides is 1. The zero-order chi connectivity index (χ0) is 14.6. The Labute approximate surface area is 120 Å². The van der Waals surface area contributed by atoms with E-state index < -0.39 is 5.54 Å². The second-order valence-corrected chi connectivity index (χ2v) is 6.06. The van der Waals surface area contributed by atoms with Gasteiger partial charge in [-0.1, -0.05) is 38.0 Å². The van der Waals surface area contributed by atoms with Crippen LogP contribution in [0.4, 0.5) is 5.69 Å². The minimum Gasteiger partial charge on any atom is -0.398 e. The summed E-state index contributed by atoms with van der Waals surface area (Å²) in [5, 5.41) is 12.7. The van der Waals surface area contributed by atoms with Crippen molar-refractivity contribution in [1.29, 1.82) is 0 Å². The number of nitrogen functional groups attached to an aromatic ring is 1. The number of carbonyl (C=O) groups excluding carboxylic acids is 1. The van der Waals surface area contributed by atoms with Crippen molar-refractivity contribution in [2.75, 3.05) is 12.3 Å². The van der Waals surface area contributed by atoms with Crippen molar-refractivity contribution in [2.24, 2.45) is 5.92 Å². The maximum Gasteiger partial charge on any atom is 0.225 e. The van der Waals surface area contributed by atoms with Gasteiger partial charge in [-0.15, -0.1) is 0 Å². The number of benzene rings is 1. The normalized spacial score (nSPS) is 26.2. The molecular formula is C16H24N2O2. The van der Waals surface area contributed by atoms with Crippen LogP contribution < -0.4 is 11.1 Å². The van der Waals surface area contributed by atoms with Crippen LogP contribution in [-0.4, -0.2) is 23.2 Å². The minimum absolute atomic E-state index is 0.00729. The Bertz CT molecular complexity index is 475. The lowest BCUT2D eigenvalue weighted by Gasteiger charge is -2.39. The predicted molar refractivity (Wildman–Crippen MR) is 80.1 cm³/mol. The first-order chi connectivity index (χ1) is 9.54. The second kappa shape index (κ2) is 6.27. The van der Waals surface area contributed by atoms with Crippen molar-refractivity contribution in [2.45, 2.75) is 44.6 Å². The van der Waals surface area contributed by atoms with Gasteiger partial charge in [0.05, 0.1) is 18.6 Å². The van der Waals surface area contributed by atoms with Gasteiger partial charge in [-0.2, -0.15) is 0 Å². The molecule has 4 heteroatoms. The van der Waals surface area contributed by atoms with Crippen molar-refractivity contribution in [3.63, 3.8) is 0 Å². The molecular weight excluding hydrogens is 252 g/mol. The maximum absolute atomic E-state index is 12.2. The quantitative estimate of drug-likeness (QED) is 0.735. The SMILES string of the molecule is CC1CCCC(CO)(NC(=O)Cc2ccccc2N)C1. The lowest BCUT2D eigenvalue weighted by molar-refractivity contribution is -0.123. The monoisotopic (exact) mass is 276 g/mol. The summed E-state index contributed by atoms with van der Waals surface area (Å²) >= 11 is 0. The smallest absolute Gasteiger partial charge is 0.225 e. The molecule has 1 aliphatic carbocycles. The van der Waals surface area contributed by atoms with Gasteiger partial charge in [0, 0.05) is 5.69 Å². The number of hydrogen-bond acceptors (Lipinski definition) is 3. The standard InChI is InChI=1S/C16H24N2O2/c1-12-5-4-8-16(10-12,11-19)18-15(20)9-13-6-2-3-7-14(13)17/h2-3,6-7,12,19H,4-5,8-11,17H2,1H3,(H,18,20). The minimum atomic E-state index is -0.446. The Morgan fingerprint density at radius 1 is 1.50 bits per heavy atom. The van der Waals surface area contributed by atoms with E-state index in [1.165, 1.54) is 6.42 Å². The van der Waals surface area contributed by atoms with Gasteiger partial charge in [0.2, 0.25) is 5.91 Å². The van der Waals surface area contributed by atoms with E-state index in [-0.39, 0.29) is 18.9 Å². The Morgan fingerprint density at radius 3 is 2.90 bits per heavy atom. The van der Waals surface area contributed by atoms with Crippen LogP contribution in [0.2, 0.25) is 0 Å². The fraction of sp³-hybridized carbons (Fsp3) is 0.562. The van der Waals surface area contributed by atoms with E-state index in [9.17, 15) is 9.90 Å². The summed E-state index contributed by atoms with van der Waals surface area (Å²) in [7, 11) is 0. The van der Waals surface area contributed by atoms with Crippen molar-refractivity contribution in [3.8, 4) is 0 Å². The fourth-order valence-corrected chi connectivity index (χ4v) is 3.16. The van der Waals surface area contributed by atoms with Gasteiger partial charge in [-0.05, 0) is 30.4 Å². The third-order valence-corrected chi connectivity index (χ3v) is 4.20. The predicted octanol–water partition coefficient (Wildman–Crippen LogP) is 1.87. The van der Waals surface area contributed by atoms with E-state index in [0.717, 1.165) is 24.8 Å². The molecule has 0 saturated heterocycles. The molecule has 1 fully saturated rings. The Morgan fingerprint density at radius 2 is 2.25 bits per heavy atom. The van der Waals surface area contributed by atoms with Crippen LogP contribution in [0.5, 0.6) is 0 Å². The average molecular weight is 276 g/mol.